The van der Waals surface area contributed by atoms with Crippen LogP contribution >= 0.6 is 0 Å². The maximum atomic E-state index is 13.4. The number of benzene rings is 1. The van der Waals surface area contributed by atoms with Crippen LogP contribution in [0.1, 0.15) is 24.1 Å². The van der Waals surface area contributed by atoms with Crippen LogP contribution in [-0.2, 0) is 9.53 Å². The maximum absolute atomic E-state index is 13.4. The number of ether oxygens (including phenoxy) is 1. The molecule has 5 nitrogen and oxygen atoms in total. The lowest BCUT2D eigenvalue weighted by atomic mass is 9.97. The molecule has 2 saturated heterocycles. The van der Waals surface area contributed by atoms with E-state index in [1.54, 1.807) is 6.07 Å². The number of aryl methyl sites for hydroxylation is 1. The lowest BCUT2D eigenvalue weighted by Gasteiger charge is -2.38. The molecule has 1 N–H and O–H groups in total. The summed E-state index contributed by atoms with van der Waals surface area (Å²) in [5.41, 5.74) is 1.71. The highest BCUT2D eigenvalue weighted by Crippen LogP contribution is 2.26. The molecule has 3 rings (SSSR count). The average molecular weight is 335 g/mol. The van der Waals surface area contributed by atoms with Crippen molar-refractivity contribution in [1.82, 2.24) is 15.1 Å². The van der Waals surface area contributed by atoms with E-state index in [4.69, 9.17) is 4.74 Å². The van der Waals surface area contributed by atoms with Crippen molar-refractivity contribution in [2.75, 3.05) is 45.9 Å². The predicted molar refractivity (Wildman–Crippen MR) is 90.3 cm³/mol. The Bertz CT molecular complexity index is 596. The summed E-state index contributed by atoms with van der Waals surface area (Å²) in [6.07, 6.45) is 0.263. The summed E-state index contributed by atoms with van der Waals surface area (Å²) in [7, 11) is 0. The molecule has 1 aromatic rings. The number of nitrogens with zero attached hydrogens (tertiary/aromatic N) is 2. The molecule has 0 spiro atoms. The Morgan fingerprint density at radius 1 is 1.33 bits per heavy atom. The molecule has 0 aliphatic carbocycles. The van der Waals surface area contributed by atoms with E-state index in [0.717, 1.165) is 50.5 Å². The van der Waals surface area contributed by atoms with Crippen molar-refractivity contribution in [3.05, 3.63) is 35.1 Å². The Morgan fingerprint density at radius 3 is 2.92 bits per heavy atom. The number of hydrogen-bond donors (Lipinski definition) is 1. The van der Waals surface area contributed by atoms with E-state index in [1.165, 1.54) is 12.1 Å². The van der Waals surface area contributed by atoms with Gasteiger partial charge in [0, 0.05) is 39.3 Å². The first-order chi connectivity index (χ1) is 11.5. The maximum Gasteiger partial charge on any atom is 0.242 e. The summed E-state index contributed by atoms with van der Waals surface area (Å²) in [6, 6.07) is 4.34. The van der Waals surface area contributed by atoms with Crippen molar-refractivity contribution in [2.24, 2.45) is 0 Å². The Balaban J connectivity index is 1.71. The van der Waals surface area contributed by atoms with Crippen molar-refractivity contribution < 1.29 is 13.9 Å². The highest BCUT2D eigenvalue weighted by molar-refractivity contribution is 5.84. The van der Waals surface area contributed by atoms with Crippen LogP contribution in [0.25, 0.3) is 0 Å². The molecule has 1 aromatic carbocycles. The van der Waals surface area contributed by atoms with Crippen LogP contribution in [0, 0.1) is 12.7 Å². The van der Waals surface area contributed by atoms with E-state index >= 15 is 0 Å². The van der Waals surface area contributed by atoms with Crippen molar-refractivity contribution in [3.63, 3.8) is 0 Å². The van der Waals surface area contributed by atoms with Gasteiger partial charge in [0.05, 0.1) is 12.7 Å². The topological polar surface area (TPSA) is 44.8 Å². The van der Waals surface area contributed by atoms with E-state index < -0.39 is 0 Å². The van der Waals surface area contributed by atoms with Gasteiger partial charge in [0.2, 0.25) is 5.91 Å². The van der Waals surface area contributed by atoms with Crippen LogP contribution in [0.15, 0.2) is 18.2 Å². The largest absolute Gasteiger partial charge is 0.376 e. The minimum Gasteiger partial charge on any atom is -0.376 e. The first kappa shape index (κ1) is 17.3. The fourth-order valence-electron chi connectivity index (χ4n) is 3.60. The Labute approximate surface area is 142 Å². The Morgan fingerprint density at radius 2 is 2.17 bits per heavy atom. The van der Waals surface area contributed by atoms with Gasteiger partial charge in [0.15, 0.2) is 0 Å². The van der Waals surface area contributed by atoms with Crippen molar-refractivity contribution in [3.8, 4) is 0 Å². The van der Waals surface area contributed by atoms with Crippen molar-refractivity contribution in [2.45, 2.75) is 26.0 Å². The monoisotopic (exact) mass is 335 g/mol. The highest BCUT2D eigenvalue weighted by Gasteiger charge is 2.32. The van der Waals surface area contributed by atoms with Crippen LogP contribution in [0.5, 0.6) is 0 Å². The third-order valence-electron chi connectivity index (χ3n) is 4.87. The van der Waals surface area contributed by atoms with Crippen LogP contribution < -0.4 is 5.32 Å². The number of hydrogen-bond acceptors (Lipinski definition) is 4. The number of carbonyl (C=O) groups excluding carboxylic acids is 1. The zero-order valence-electron chi connectivity index (χ0n) is 14.4. The number of halogens is 1. The first-order valence-electron chi connectivity index (χ1n) is 8.66. The smallest absolute Gasteiger partial charge is 0.242 e. The van der Waals surface area contributed by atoms with Gasteiger partial charge in [-0.3, -0.25) is 14.6 Å². The molecule has 1 amide bonds. The molecular weight excluding hydrogens is 309 g/mol. The van der Waals surface area contributed by atoms with Gasteiger partial charge in [-0.05, 0) is 37.1 Å². The molecule has 0 bridgehead atoms. The summed E-state index contributed by atoms with van der Waals surface area (Å²) in [5.74, 6) is -0.257. The van der Waals surface area contributed by atoms with Gasteiger partial charge in [-0.25, -0.2) is 4.39 Å². The molecule has 6 heteroatoms. The second-order valence-electron chi connectivity index (χ2n) is 6.71. The minimum atomic E-state index is -0.335. The van der Waals surface area contributed by atoms with E-state index in [-0.39, 0.29) is 23.9 Å². The molecule has 2 aliphatic heterocycles. The zero-order chi connectivity index (χ0) is 17.1. The van der Waals surface area contributed by atoms with E-state index in [9.17, 15) is 9.18 Å². The molecule has 2 aliphatic rings. The third-order valence-corrected chi connectivity index (χ3v) is 4.87. The summed E-state index contributed by atoms with van der Waals surface area (Å²) >= 11 is 0. The second kappa shape index (κ2) is 7.59. The molecule has 2 heterocycles. The molecule has 0 unspecified atom stereocenters. The lowest BCUT2D eigenvalue weighted by molar-refractivity contribution is -0.129. The minimum absolute atomic E-state index is 0.00584. The van der Waals surface area contributed by atoms with Gasteiger partial charge in [0.1, 0.15) is 11.9 Å². The van der Waals surface area contributed by atoms with Crippen LogP contribution in [0.2, 0.25) is 0 Å². The SMILES string of the molecule is Cc1cc(F)ccc1[C@@H]1C(=O)NCCN1CCN1CCO[C@@H](C)C1. The fourth-order valence-corrected chi connectivity index (χ4v) is 3.60. The Hall–Kier alpha value is -1.50. The summed E-state index contributed by atoms with van der Waals surface area (Å²) in [5, 5.41) is 2.94. The zero-order valence-corrected chi connectivity index (χ0v) is 14.4. The molecule has 2 atom stereocenters. The van der Waals surface area contributed by atoms with Gasteiger partial charge in [0.25, 0.3) is 0 Å². The molecule has 2 fully saturated rings. The van der Waals surface area contributed by atoms with Crippen LogP contribution in [-0.4, -0.2) is 67.7 Å². The second-order valence-corrected chi connectivity index (χ2v) is 6.71. The average Bonchev–Trinajstić information content (AvgIpc) is 2.54. The highest BCUT2D eigenvalue weighted by atomic mass is 19.1. The number of carbonyl (C=O) groups is 1. The standard InChI is InChI=1S/C18H26FN3O2/c1-13-11-15(19)3-4-16(13)17-18(23)20-5-6-22(17)8-7-21-9-10-24-14(2)12-21/h3-4,11,14,17H,5-10,12H2,1-2H3,(H,20,23)/t14-,17+/m0/s1. The van der Waals surface area contributed by atoms with Gasteiger partial charge in [-0.15, -0.1) is 0 Å². The van der Waals surface area contributed by atoms with Crippen LogP contribution in [0.3, 0.4) is 0 Å². The number of piperazine rings is 1. The molecule has 0 radical (unpaired) electrons. The van der Waals surface area contributed by atoms with Gasteiger partial charge in [-0.2, -0.15) is 0 Å². The fraction of sp³-hybridized carbons (Fsp3) is 0.611. The first-order valence-corrected chi connectivity index (χ1v) is 8.66. The quantitative estimate of drug-likeness (QED) is 0.902. The normalized spacial score (nSPS) is 26.4. The third kappa shape index (κ3) is 3.94. The molecule has 0 saturated carbocycles. The van der Waals surface area contributed by atoms with Gasteiger partial charge >= 0.3 is 0 Å². The van der Waals surface area contributed by atoms with E-state index in [2.05, 4.69) is 22.0 Å². The molecular formula is C18H26FN3O2. The van der Waals surface area contributed by atoms with E-state index in [0.29, 0.717) is 6.54 Å². The molecule has 24 heavy (non-hydrogen) atoms. The summed E-state index contributed by atoms with van der Waals surface area (Å²) in [6.45, 7) is 9.79. The summed E-state index contributed by atoms with van der Waals surface area (Å²) < 4.78 is 19.0. The number of morpholine rings is 1. The van der Waals surface area contributed by atoms with Gasteiger partial charge in [-0.1, -0.05) is 6.07 Å². The van der Waals surface area contributed by atoms with Crippen molar-refractivity contribution >= 4 is 5.91 Å². The van der Waals surface area contributed by atoms with Crippen molar-refractivity contribution in [1.29, 1.82) is 0 Å². The number of amides is 1. The van der Waals surface area contributed by atoms with Crippen LogP contribution in [0.4, 0.5) is 4.39 Å². The lowest BCUT2D eigenvalue weighted by Crippen LogP contribution is -2.53. The number of nitrogens with one attached hydrogen (secondary N) is 1. The number of rotatable bonds is 4. The molecule has 0 aromatic heterocycles. The predicted octanol–water partition coefficient (Wildman–Crippen LogP) is 1.33. The molecule has 132 valence electrons. The van der Waals surface area contributed by atoms with Gasteiger partial charge < -0.3 is 10.1 Å². The Kier molecular flexibility index (Phi) is 5.48. The summed E-state index contributed by atoms with van der Waals surface area (Å²) in [4.78, 5) is 17.1. The van der Waals surface area contributed by atoms with E-state index in [1.807, 2.05) is 6.92 Å².